The van der Waals surface area contributed by atoms with Crippen LogP contribution in [0.3, 0.4) is 0 Å². The van der Waals surface area contributed by atoms with Gasteiger partial charge in [-0.3, -0.25) is 4.79 Å². The van der Waals surface area contributed by atoms with Gasteiger partial charge in [-0.05, 0) is 29.8 Å². The van der Waals surface area contributed by atoms with E-state index in [1.165, 1.54) is 11.3 Å². The number of esters is 1. The highest BCUT2D eigenvalue weighted by Gasteiger charge is 2.08. The molecule has 0 atom stereocenters. The van der Waals surface area contributed by atoms with Gasteiger partial charge in [0.05, 0.1) is 12.5 Å². The lowest BCUT2D eigenvalue weighted by atomic mass is 10.4. The number of aromatic nitrogens is 1. The van der Waals surface area contributed by atoms with Gasteiger partial charge in [0.25, 0.3) is 0 Å². The van der Waals surface area contributed by atoms with Crippen molar-refractivity contribution < 1.29 is 9.53 Å². The Balaban J connectivity index is 2.45. The predicted molar refractivity (Wildman–Crippen MR) is 54.7 cm³/mol. The molecule has 1 aromatic rings. The lowest BCUT2D eigenvalue weighted by Crippen LogP contribution is -2.12. The molecule has 0 unspecified atom stereocenters. The zero-order valence-corrected chi connectivity index (χ0v) is 9.81. The van der Waals surface area contributed by atoms with Gasteiger partial charge in [-0.1, -0.05) is 0 Å². The molecule has 0 aromatic carbocycles. The average molecular weight is 264 g/mol. The molecule has 13 heavy (non-hydrogen) atoms. The van der Waals surface area contributed by atoms with E-state index in [1.54, 1.807) is 6.20 Å². The number of rotatable bonds is 3. The van der Waals surface area contributed by atoms with E-state index >= 15 is 0 Å². The quantitative estimate of drug-likeness (QED) is 0.787. The SMILES string of the molecule is CC(C)OC(=O)Cc1cnc(Br)s1. The molecule has 72 valence electrons. The molecule has 0 aliphatic heterocycles. The molecule has 1 heterocycles. The molecule has 3 nitrogen and oxygen atoms in total. The first kappa shape index (κ1) is 10.7. The summed E-state index contributed by atoms with van der Waals surface area (Å²) < 4.78 is 5.78. The first-order chi connectivity index (χ1) is 6.08. The van der Waals surface area contributed by atoms with Crippen LogP contribution >= 0.6 is 27.3 Å². The minimum Gasteiger partial charge on any atom is -0.463 e. The summed E-state index contributed by atoms with van der Waals surface area (Å²) in [6, 6.07) is 0. The topological polar surface area (TPSA) is 39.2 Å². The lowest BCUT2D eigenvalue weighted by molar-refractivity contribution is -0.146. The Hall–Kier alpha value is -0.420. The maximum atomic E-state index is 11.2. The van der Waals surface area contributed by atoms with E-state index in [1.807, 2.05) is 13.8 Å². The van der Waals surface area contributed by atoms with Crippen molar-refractivity contribution in [3.63, 3.8) is 0 Å². The maximum Gasteiger partial charge on any atom is 0.311 e. The molecule has 5 heteroatoms. The second-order valence-electron chi connectivity index (χ2n) is 2.79. The third kappa shape index (κ3) is 3.87. The van der Waals surface area contributed by atoms with Crippen molar-refractivity contribution in [1.29, 1.82) is 0 Å². The average Bonchev–Trinajstić information content (AvgIpc) is 2.33. The third-order valence-electron chi connectivity index (χ3n) is 1.21. The van der Waals surface area contributed by atoms with E-state index in [4.69, 9.17) is 4.74 Å². The molecular weight excluding hydrogens is 254 g/mol. The minimum absolute atomic E-state index is 0.0520. The highest BCUT2D eigenvalue weighted by Crippen LogP contribution is 2.19. The third-order valence-corrected chi connectivity index (χ3v) is 2.69. The van der Waals surface area contributed by atoms with Gasteiger partial charge in [-0.25, -0.2) is 4.98 Å². The van der Waals surface area contributed by atoms with Crippen LogP contribution in [0.5, 0.6) is 0 Å². The van der Waals surface area contributed by atoms with E-state index < -0.39 is 0 Å². The van der Waals surface area contributed by atoms with Crippen LogP contribution in [-0.2, 0) is 16.0 Å². The highest BCUT2D eigenvalue weighted by atomic mass is 79.9. The number of hydrogen-bond donors (Lipinski definition) is 0. The van der Waals surface area contributed by atoms with Crippen LogP contribution in [0.2, 0.25) is 0 Å². The zero-order valence-electron chi connectivity index (χ0n) is 7.41. The fourth-order valence-electron chi connectivity index (χ4n) is 0.812. The molecule has 0 fully saturated rings. The molecule has 0 bridgehead atoms. The number of thiazole rings is 1. The number of carbonyl (C=O) groups is 1. The van der Waals surface area contributed by atoms with Crippen LogP contribution in [0.1, 0.15) is 18.7 Å². The van der Waals surface area contributed by atoms with Gasteiger partial charge >= 0.3 is 5.97 Å². The molecular formula is C8H10BrNO2S. The molecule has 0 aliphatic carbocycles. The molecule has 0 spiro atoms. The van der Waals surface area contributed by atoms with Crippen LogP contribution in [0.4, 0.5) is 0 Å². The Bertz CT molecular complexity index is 298. The zero-order chi connectivity index (χ0) is 9.84. The Morgan fingerprint density at radius 3 is 2.92 bits per heavy atom. The van der Waals surface area contributed by atoms with E-state index in [-0.39, 0.29) is 12.1 Å². The summed E-state index contributed by atoms with van der Waals surface area (Å²) in [5.41, 5.74) is 0. The van der Waals surface area contributed by atoms with Crippen LogP contribution in [0.15, 0.2) is 10.1 Å². The highest BCUT2D eigenvalue weighted by molar-refractivity contribution is 9.11. The summed E-state index contributed by atoms with van der Waals surface area (Å²) >= 11 is 4.68. The lowest BCUT2D eigenvalue weighted by Gasteiger charge is -2.05. The van der Waals surface area contributed by atoms with Crippen LogP contribution < -0.4 is 0 Å². The normalized spacial score (nSPS) is 10.5. The van der Waals surface area contributed by atoms with E-state index in [0.717, 1.165) is 8.79 Å². The van der Waals surface area contributed by atoms with E-state index in [2.05, 4.69) is 20.9 Å². The second-order valence-corrected chi connectivity index (χ2v) is 5.19. The first-order valence-corrected chi connectivity index (χ1v) is 5.48. The number of halogens is 1. The van der Waals surface area contributed by atoms with Crippen molar-refractivity contribution in [3.05, 3.63) is 15.0 Å². The Morgan fingerprint density at radius 1 is 1.77 bits per heavy atom. The summed E-state index contributed by atoms with van der Waals surface area (Å²) in [5.74, 6) is -0.203. The van der Waals surface area contributed by atoms with Gasteiger partial charge in [0.2, 0.25) is 0 Å². The van der Waals surface area contributed by atoms with Crippen LogP contribution in [0, 0.1) is 0 Å². The number of ether oxygens (including phenoxy) is 1. The standard InChI is InChI=1S/C8H10BrNO2S/c1-5(2)12-7(11)3-6-4-10-8(9)13-6/h4-5H,3H2,1-2H3. The van der Waals surface area contributed by atoms with Crippen LogP contribution in [0.25, 0.3) is 0 Å². The number of hydrogen-bond acceptors (Lipinski definition) is 4. The molecule has 0 N–H and O–H groups in total. The Labute approximate surface area is 89.3 Å². The van der Waals surface area contributed by atoms with E-state index in [9.17, 15) is 4.79 Å². The van der Waals surface area contributed by atoms with Gasteiger partial charge in [0.15, 0.2) is 3.92 Å². The number of nitrogens with zero attached hydrogens (tertiary/aromatic N) is 1. The monoisotopic (exact) mass is 263 g/mol. The summed E-state index contributed by atoms with van der Waals surface area (Å²) in [6.45, 7) is 3.67. The fraction of sp³-hybridized carbons (Fsp3) is 0.500. The maximum absolute atomic E-state index is 11.2. The summed E-state index contributed by atoms with van der Waals surface area (Å²) in [5, 5.41) is 0. The smallest absolute Gasteiger partial charge is 0.311 e. The van der Waals surface area contributed by atoms with E-state index in [0.29, 0.717) is 6.42 Å². The summed E-state index contributed by atoms with van der Waals surface area (Å²) in [6.07, 6.45) is 1.93. The Morgan fingerprint density at radius 2 is 2.46 bits per heavy atom. The van der Waals surface area contributed by atoms with Gasteiger partial charge < -0.3 is 4.74 Å². The van der Waals surface area contributed by atoms with Gasteiger partial charge in [0.1, 0.15) is 0 Å². The first-order valence-electron chi connectivity index (χ1n) is 3.87. The van der Waals surface area contributed by atoms with Crippen molar-refractivity contribution in [2.75, 3.05) is 0 Å². The molecule has 0 aliphatic rings. The van der Waals surface area contributed by atoms with Gasteiger partial charge in [0, 0.05) is 11.1 Å². The summed E-state index contributed by atoms with van der Waals surface area (Å²) in [7, 11) is 0. The van der Waals surface area contributed by atoms with Crippen LogP contribution in [-0.4, -0.2) is 17.1 Å². The molecule has 0 amide bonds. The van der Waals surface area contributed by atoms with Gasteiger partial charge in [-0.15, -0.1) is 11.3 Å². The predicted octanol–water partition coefficient (Wildman–Crippen LogP) is 2.40. The largest absolute Gasteiger partial charge is 0.463 e. The van der Waals surface area contributed by atoms with Crippen molar-refractivity contribution >= 4 is 33.2 Å². The van der Waals surface area contributed by atoms with Crippen molar-refractivity contribution in [2.24, 2.45) is 0 Å². The molecule has 0 saturated heterocycles. The second kappa shape index (κ2) is 4.72. The molecule has 1 rings (SSSR count). The fourth-order valence-corrected chi connectivity index (χ4v) is 2.16. The summed E-state index contributed by atoms with van der Waals surface area (Å²) in [4.78, 5) is 16.1. The Kier molecular flexibility index (Phi) is 3.87. The molecule has 1 aromatic heterocycles. The minimum atomic E-state index is -0.203. The molecule has 0 saturated carbocycles. The van der Waals surface area contributed by atoms with Crippen molar-refractivity contribution in [2.45, 2.75) is 26.4 Å². The number of carbonyl (C=O) groups excluding carboxylic acids is 1. The molecule has 0 radical (unpaired) electrons. The van der Waals surface area contributed by atoms with Crippen molar-refractivity contribution in [3.8, 4) is 0 Å². The van der Waals surface area contributed by atoms with Crippen molar-refractivity contribution in [1.82, 2.24) is 4.98 Å². The van der Waals surface area contributed by atoms with Gasteiger partial charge in [-0.2, -0.15) is 0 Å².